The van der Waals surface area contributed by atoms with Crippen molar-refractivity contribution in [2.75, 3.05) is 12.4 Å². The van der Waals surface area contributed by atoms with Crippen LogP contribution in [0.15, 0.2) is 0 Å². The summed E-state index contributed by atoms with van der Waals surface area (Å²) in [6.07, 6.45) is -4.17. The van der Waals surface area contributed by atoms with Crippen molar-refractivity contribution in [3.05, 3.63) is 0 Å². The van der Waals surface area contributed by atoms with E-state index in [1.807, 2.05) is 6.92 Å². The van der Waals surface area contributed by atoms with Gasteiger partial charge in [-0.25, -0.2) is 8.42 Å². The Morgan fingerprint density at radius 1 is 1.04 bits per heavy atom. The molecule has 0 unspecified atom stereocenters. The van der Waals surface area contributed by atoms with Crippen LogP contribution < -0.4 is 4.72 Å². The molecule has 0 aromatic heterocycles. The van der Waals surface area contributed by atoms with E-state index in [1.54, 1.807) is 13.8 Å². The minimum absolute atomic E-state index is 0.283. The van der Waals surface area contributed by atoms with Crippen LogP contribution >= 0.6 is 0 Å². The lowest BCUT2D eigenvalue weighted by Crippen LogP contribution is -2.52. The highest BCUT2D eigenvalue weighted by Gasteiger charge is 2.59. The number of carbonyl (C=O) groups is 1. The molecule has 0 aromatic rings. The van der Waals surface area contributed by atoms with E-state index >= 15 is 0 Å². The van der Waals surface area contributed by atoms with Gasteiger partial charge in [0.25, 0.3) is 0 Å². The first-order valence-corrected chi connectivity index (χ1v) is 10.5. The van der Waals surface area contributed by atoms with Crippen LogP contribution in [0.5, 0.6) is 0 Å². The lowest BCUT2D eigenvalue weighted by molar-refractivity contribution is -0.286. The summed E-state index contributed by atoms with van der Waals surface area (Å²) in [5.41, 5.74) is -0.590. The Morgan fingerprint density at radius 2 is 1.54 bits per heavy atom. The molecule has 0 heterocycles. The fourth-order valence-corrected chi connectivity index (χ4v) is 3.32. The van der Waals surface area contributed by atoms with Gasteiger partial charge in [0.15, 0.2) is 0 Å². The molecule has 0 amide bonds. The molecule has 12 heteroatoms. The van der Waals surface area contributed by atoms with Crippen LogP contribution in [0.2, 0.25) is 0 Å². The topological polar surface area (TPSA) is 81.7 Å². The Kier molecular flexibility index (Phi) is 8.23. The Hall–Kier alpha value is -1.01. The number of nitrogens with one attached hydrogen (secondary N) is 1. The normalized spacial score (nSPS) is 22.1. The quantitative estimate of drug-likeness (QED) is 0.339. The number of carbonyl (C=O) groups excluding carboxylic acids is 1. The Bertz CT molecular complexity index is 628. The summed E-state index contributed by atoms with van der Waals surface area (Å²) in [4.78, 5) is 12.0. The zero-order chi connectivity index (χ0) is 21.8. The molecule has 0 saturated heterocycles. The number of hydrogen-bond donors (Lipinski definition) is 1. The molecule has 0 radical (unpaired) electrons. The molecule has 6 nitrogen and oxygen atoms in total. The van der Waals surface area contributed by atoms with Crippen LogP contribution in [0.1, 0.15) is 52.9 Å². The van der Waals surface area contributed by atoms with Gasteiger partial charge in [0.2, 0.25) is 10.0 Å². The molecule has 166 valence electrons. The zero-order valence-corrected chi connectivity index (χ0v) is 16.8. The largest absolute Gasteiger partial charge is 0.470 e. The number of alkyl halides is 5. The van der Waals surface area contributed by atoms with Gasteiger partial charge in [0, 0.05) is 0 Å². The standard InChI is InChI=1S/C16H26F5NO5S/c1-4-14(2,3)13(23)27-12-7-5-11(6-8-12)26-9-10-28(24,25)22-16(20,21)15(17,18)19/h11-12,22H,4-10H2,1-3H3. The third-order valence-electron chi connectivity index (χ3n) is 4.68. The summed E-state index contributed by atoms with van der Waals surface area (Å²) in [5.74, 6) is -1.33. The molecule has 1 N–H and O–H groups in total. The molecule has 0 aliphatic heterocycles. The van der Waals surface area contributed by atoms with E-state index in [4.69, 9.17) is 9.47 Å². The van der Waals surface area contributed by atoms with Gasteiger partial charge < -0.3 is 9.47 Å². The molecule has 0 atom stereocenters. The maximum absolute atomic E-state index is 12.8. The highest BCUT2D eigenvalue weighted by molar-refractivity contribution is 7.89. The smallest absolute Gasteiger partial charge is 0.462 e. The molecule has 1 aliphatic carbocycles. The van der Waals surface area contributed by atoms with Crippen molar-refractivity contribution in [3.8, 4) is 0 Å². The number of esters is 1. The van der Waals surface area contributed by atoms with E-state index in [2.05, 4.69) is 0 Å². The monoisotopic (exact) mass is 439 g/mol. The number of halogens is 5. The fourth-order valence-electron chi connectivity index (χ4n) is 2.40. The molecule has 1 aliphatic rings. The molecule has 1 saturated carbocycles. The number of sulfonamides is 1. The predicted octanol–water partition coefficient (Wildman–Crippen LogP) is 3.37. The van der Waals surface area contributed by atoms with Gasteiger partial charge in [-0.1, -0.05) is 6.92 Å². The number of ether oxygens (including phenoxy) is 2. The molecule has 1 rings (SSSR count). The van der Waals surface area contributed by atoms with Crippen molar-refractivity contribution in [3.63, 3.8) is 0 Å². The average Bonchev–Trinajstić information content (AvgIpc) is 2.54. The van der Waals surface area contributed by atoms with Crippen LogP contribution in [0, 0.1) is 5.41 Å². The maximum Gasteiger partial charge on any atom is 0.470 e. The third kappa shape index (κ3) is 7.43. The van der Waals surface area contributed by atoms with Crippen LogP contribution in [0.3, 0.4) is 0 Å². The molecular weight excluding hydrogens is 413 g/mol. The van der Waals surface area contributed by atoms with Gasteiger partial charge in [0.1, 0.15) is 6.10 Å². The van der Waals surface area contributed by atoms with Gasteiger partial charge in [-0.3, -0.25) is 4.79 Å². The van der Waals surface area contributed by atoms with Gasteiger partial charge in [-0.05, 0) is 46.0 Å². The van der Waals surface area contributed by atoms with Crippen molar-refractivity contribution >= 4 is 16.0 Å². The van der Waals surface area contributed by atoms with Gasteiger partial charge in [-0.2, -0.15) is 22.0 Å². The van der Waals surface area contributed by atoms with Gasteiger partial charge in [0.05, 0.1) is 23.9 Å². The first-order valence-electron chi connectivity index (χ1n) is 8.88. The lowest BCUT2D eigenvalue weighted by atomic mass is 9.90. The molecule has 28 heavy (non-hydrogen) atoms. The first kappa shape index (κ1) is 25.0. The highest BCUT2D eigenvalue weighted by atomic mass is 32.2. The van der Waals surface area contributed by atoms with Crippen molar-refractivity contribution in [2.24, 2.45) is 5.41 Å². The number of rotatable bonds is 9. The predicted molar refractivity (Wildman–Crippen MR) is 90.1 cm³/mol. The van der Waals surface area contributed by atoms with E-state index in [0.29, 0.717) is 36.8 Å². The van der Waals surface area contributed by atoms with E-state index in [-0.39, 0.29) is 18.2 Å². The van der Waals surface area contributed by atoms with Crippen molar-refractivity contribution in [2.45, 2.75) is 77.3 Å². The summed E-state index contributed by atoms with van der Waals surface area (Å²) in [6, 6.07) is -5.54. The molecule has 0 spiro atoms. The van der Waals surface area contributed by atoms with E-state index in [9.17, 15) is 35.2 Å². The van der Waals surface area contributed by atoms with Gasteiger partial charge >= 0.3 is 18.2 Å². The SMILES string of the molecule is CCC(C)(C)C(=O)OC1CCC(OCCS(=O)(=O)NC(F)(F)C(F)(F)F)CC1. The van der Waals surface area contributed by atoms with Crippen LogP contribution in [0.4, 0.5) is 22.0 Å². The van der Waals surface area contributed by atoms with Crippen LogP contribution in [0.25, 0.3) is 0 Å². The summed E-state index contributed by atoms with van der Waals surface area (Å²) < 4.78 is 95.6. The summed E-state index contributed by atoms with van der Waals surface area (Å²) in [7, 11) is -4.88. The third-order valence-corrected chi connectivity index (χ3v) is 5.95. The molecule has 1 fully saturated rings. The molecule has 0 bridgehead atoms. The second kappa shape index (κ2) is 9.21. The van der Waals surface area contributed by atoms with E-state index in [0.717, 1.165) is 0 Å². The van der Waals surface area contributed by atoms with Crippen LogP contribution in [-0.4, -0.2) is 51.2 Å². The van der Waals surface area contributed by atoms with Crippen molar-refractivity contribution < 1.29 is 44.6 Å². The second-order valence-electron chi connectivity index (χ2n) is 7.41. The highest BCUT2D eigenvalue weighted by Crippen LogP contribution is 2.33. The first-order chi connectivity index (χ1) is 12.6. The summed E-state index contributed by atoms with van der Waals surface area (Å²) in [5, 5.41) is 0. The Labute approximate surface area is 161 Å². The number of hydrogen-bond acceptors (Lipinski definition) is 5. The van der Waals surface area contributed by atoms with E-state index < -0.39 is 40.0 Å². The minimum Gasteiger partial charge on any atom is -0.462 e. The Balaban J connectivity index is 2.38. The molecular formula is C16H26F5NO5S. The van der Waals surface area contributed by atoms with Crippen molar-refractivity contribution in [1.82, 2.24) is 4.72 Å². The van der Waals surface area contributed by atoms with Gasteiger partial charge in [-0.15, -0.1) is 4.72 Å². The van der Waals surface area contributed by atoms with E-state index in [1.165, 1.54) is 0 Å². The average molecular weight is 439 g/mol. The summed E-state index contributed by atoms with van der Waals surface area (Å²) in [6.45, 7) is 4.91. The minimum atomic E-state index is -6.02. The Morgan fingerprint density at radius 3 is 2.00 bits per heavy atom. The second-order valence-corrected chi connectivity index (χ2v) is 9.25. The van der Waals surface area contributed by atoms with Crippen molar-refractivity contribution in [1.29, 1.82) is 0 Å². The van der Waals surface area contributed by atoms with Crippen LogP contribution in [-0.2, 0) is 24.3 Å². The lowest BCUT2D eigenvalue weighted by Gasteiger charge is -2.31. The summed E-state index contributed by atoms with van der Waals surface area (Å²) >= 11 is 0. The molecule has 0 aromatic carbocycles. The fraction of sp³-hybridized carbons (Fsp3) is 0.938. The maximum atomic E-state index is 12.8. The zero-order valence-electron chi connectivity index (χ0n) is 15.9.